The zero-order chi connectivity index (χ0) is 19.6. The molecule has 0 saturated carbocycles. The molecule has 1 saturated heterocycles. The molecule has 0 amide bonds. The number of aromatic nitrogens is 2. The van der Waals surface area contributed by atoms with E-state index >= 15 is 0 Å². The van der Waals surface area contributed by atoms with E-state index in [-0.39, 0.29) is 17.5 Å². The van der Waals surface area contributed by atoms with Crippen molar-refractivity contribution in [3.63, 3.8) is 0 Å². The summed E-state index contributed by atoms with van der Waals surface area (Å²) >= 11 is 6.09. The van der Waals surface area contributed by atoms with E-state index in [4.69, 9.17) is 21.2 Å². The number of halogens is 2. The smallest absolute Gasteiger partial charge is 0.123 e. The molecule has 3 aromatic rings. The lowest BCUT2D eigenvalue weighted by Gasteiger charge is -2.34. The monoisotopic (exact) mass is 401 g/mol. The second-order valence-corrected chi connectivity index (χ2v) is 7.40. The van der Waals surface area contributed by atoms with Gasteiger partial charge in [-0.2, -0.15) is 5.06 Å². The van der Waals surface area contributed by atoms with E-state index in [2.05, 4.69) is 4.98 Å². The maximum atomic E-state index is 13.1. The Morgan fingerprint density at radius 2 is 1.96 bits per heavy atom. The highest BCUT2D eigenvalue weighted by Crippen LogP contribution is 2.41. The minimum absolute atomic E-state index is 0.144. The van der Waals surface area contributed by atoms with E-state index in [0.717, 1.165) is 12.0 Å². The number of nitrogens with zero attached hydrogens (tertiary/aromatic N) is 3. The third-order valence-corrected chi connectivity index (χ3v) is 5.36. The van der Waals surface area contributed by atoms with E-state index in [0.29, 0.717) is 23.9 Å². The second-order valence-electron chi connectivity index (χ2n) is 6.97. The second kappa shape index (κ2) is 7.91. The van der Waals surface area contributed by atoms with Crippen molar-refractivity contribution in [1.82, 2.24) is 14.6 Å². The first-order valence-corrected chi connectivity index (χ1v) is 9.44. The van der Waals surface area contributed by atoms with Crippen LogP contribution in [0.3, 0.4) is 0 Å². The van der Waals surface area contributed by atoms with Crippen LogP contribution in [-0.2, 0) is 16.9 Å². The molecular weight excluding hydrogens is 381 g/mol. The summed E-state index contributed by atoms with van der Waals surface area (Å²) in [7, 11) is 1.93. The van der Waals surface area contributed by atoms with Gasteiger partial charge in [0.1, 0.15) is 24.3 Å². The molecule has 4 rings (SSSR count). The Kier molecular flexibility index (Phi) is 5.35. The number of ether oxygens (including phenoxy) is 1. The Morgan fingerprint density at radius 3 is 2.64 bits per heavy atom. The van der Waals surface area contributed by atoms with Crippen molar-refractivity contribution in [1.29, 1.82) is 0 Å². The van der Waals surface area contributed by atoms with Crippen LogP contribution < -0.4 is 4.74 Å². The number of benzene rings is 2. The van der Waals surface area contributed by atoms with Crippen molar-refractivity contribution in [3.8, 4) is 5.75 Å². The lowest BCUT2D eigenvalue weighted by atomic mass is 9.85. The summed E-state index contributed by atoms with van der Waals surface area (Å²) in [6.45, 7) is 1.05. The normalized spacial score (nSPS) is 22.5. The fourth-order valence-electron chi connectivity index (χ4n) is 3.67. The summed E-state index contributed by atoms with van der Waals surface area (Å²) in [6.07, 6.45) is 6.08. The van der Waals surface area contributed by atoms with Gasteiger partial charge >= 0.3 is 0 Å². The summed E-state index contributed by atoms with van der Waals surface area (Å²) in [6, 6.07) is 13.8. The van der Waals surface area contributed by atoms with Crippen LogP contribution in [0.4, 0.5) is 4.39 Å². The van der Waals surface area contributed by atoms with Gasteiger partial charge in [0.05, 0.1) is 11.9 Å². The number of hydrogen-bond acceptors (Lipinski definition) is 4. The molecule has 2 atom stereocenters. The summed E-state index contributed by atoms with van der Waals surface area (Å²) in [4.78, 5) is 10.3. The molecule has 2 heterocycles. The standard InChI is InChI=1S/C21H21ClFN3O2/c1-25-21(14-26-11-10-24-15-26,16-2-4-17(22)5-3-16)12-20(28-25)13-27-19-8-6-18(23)7-9-19/h2-11,15,20H,12-14H2,1H3. The van der Waals surface area contributed by atoms with Gasteiger partial charge in [-0.1, -0.05) is 23.7 Å². The zero-order valence-corrected chi connectivity index (χ0v) is 16.2. The first kappa shape index (κ1) is 18.9. The number of imidazole rings is 1. The zero-order valence-electron chi connectivity index (χ0n) is 15.5. The van der Waals surface area contributed by atoms with Gasteiger partial charge in [0.15, 0.2) is 0 Å². The van der Waals surface area contributed by atoms with Crippen molar-refractivity contribution >= 4 is 11.6 Å². The van der Waals surface area contributed by atoms with Crippen LogP contribution >= 0.6 is 11.6 Å². The minimum Gasteiger partial charge on any atom is -0.491 e. The molecule has 28 heavy (non-hydrogen) atoms. The Labute approximate surface area is 168 Å². The maximum absolute atomic E-state index is 13.1. The molecule has 1 aliphatic heterocycles. The van der Waals surface area contributed by atoms with Gasteiger partial charge < -0.3 is 9.30 Å². The molecule has 0 radical (unpaired) electrons. The molecule has 0 bridgehead atoms. The fourth-order valence-corrected chi connectivity index (χ4v) is 3.80. The van der Waals surface area contributed by atoms with E-state index in [9.17, 15) is 4.39 Å². The Morgan fingerprint density at radius 1 is 1.21 bits per heavy atom. The highest BCUT2D eigenvalue weighted by molar-refractivity contribution is 6.30. The first-order valence-electron chi connectivity index (χ1n) is 9.06. The quantitative estimate of drug-likeness (QED) is 0.618. The number of hydroxylamine groups is 2. The van der Waals surface area contributed by atoms with Crippen molar-refractivity contribution in [2.75, 3.05) is 13.7 Å². The molecule has 2 unspecified atom stereocenters. The van der Waals surface area contributed by atoms with E-state index < -0.39 is 0 Å². The summed E-state index contributed by atoms with van der Waals surface area (Å²) in [5, 5.41) is 2.59. The van der Waals surface area contributed by atoms with Crippen molar-refractivity contribution in [2.24, 2.45) is 0 Å². The van der Waals surface area contributed by atoms with Crippen LogP contribution in [0, 0.1) is 5.82 Å². The lowest BCUT2D eigenvalue weighted by Crippen LogP contribution is -2.41. The molecule has 0 aliphatic carbocycles. The van der Waals surface area contributed by atoms with E-state index in [1.54, 1.807) is 24.7 Å². The molecule has 1 aliphatic rings. The predicted octanol–water partition coefficient (Wildman–Crippen LogP) is 4.29. The van der Waals surface area contributed by atoms with Gasteiger partial charge in [-0.05, 0) is 42.0 Å². The van der Waals surface area contributed by atoms with Gasteiger partial charge in [0, 0.05) is 37.4 Å². The molecule has 5 nitrogen and oxygen atoms in total. The SMILES string of the molecule is CN1OC(COc2ccc(F)cc2)CC1(Cn1ccnc1)c1ccc(Cl)cc1. The number of rotatable bonds is 6. The molecule has 146 valence electrons. The largest absolute Gasteiger partial charge is 0.491 e. The Bertz CT molecular complexity index is 902. The molecule has 2 aromatic carbocycles. The van der Waals surface area contributed by atoms with Gasteiger partial charge in [0.2, 0.25) is 0 Å². The van der Waals surface area contributed by atoms with Crippen molar-refractivity contribution in [3.05, 3.63) is 83.7 Å². The number of likely N-dealkylation sites (N-methyl/N-ethyl adjacent to an activating group) is 1. The average molecular weight is 402 g/mol. The highest BCUT2D eigenvalue weighted by atomic mass is 35.5. The van der Waals surface area contributed by atoms with Crippen LogP contribution in [-0.4, -0.2) is 34.4 Å². The van der Waals surface area contributed by atoms with Crippen molar-refractivity contribution < 1.29 is 14.0 Å². The molecular formula is C21H21ClFN3O2. The summed E-state index contributed by atoms with van der Waals surface area (Å²) in [5.74, 6) is 0.331. The molecule has 0 N–H and O–H groups in total. The van der Waals surface area contributed by atoms with Crippen LogP contribution in [0.2, 0.25) is 5.02 Å². The minimum atomic E-state index is -0.387. The number of hydrogen-bond donors (Lipinski definition) is 0. The summed E-state index contributed by atoms with van der Waals surface area (Å²) in [5.41, 5.74) is 0.722. The Hall–Kier alpha value is -2.41. The van der Waals surface area contributed by atoms with Gasteiger partial charge in [-0.15, -0.1) is 0 Å². The molecule has 1 fully saturated rings. The van der Waals surface area contributed by atoms with Gasteiger partial charge in [0.25, 0.3) is 0 Å². The maximum Gasteiger partial charge on any atom is 0.123 e. The van der Waals surface area contributed by atoms with Crippen LogP contribution in [0.25, 0.3) is 0 Å². The van der Waals surface area contributed by atoms with Crippen LogP contribution in [0.15, 0.2) is 67.3 Å². The summed E-state index contributed by atoms with van der Waals surface area (Å²) < 4.78 is 20.9. The van der Waals surface area contributed by atoms with E-state index in [1.807, 2.05) is 47.1 Å². The molecule has 7 heteroatoms. The van der Waals surface area contributed by atoms with E-state index in [1.165, 1.54) is 12.1 Å². The third-order valence-electron chi connectivity index (χ3n) is 5.11. The van der Waals surface area contributed by atoms with Crippen LogP contribution in [0.5, 0.6) is 5.75 Å². The third kappa shape index (κ3) is 3.90. The van der Waals surface area contributed by atoms with Crippen LogP contribution in [0.1, 0.15) is 12.0 Å². The first-order chi connectivity index (χ1) is 13.5. The van der Waals surface area contributed by atoms with Crippen molar-refractivity contribution in [2.45, 2.75) is 24.6 Å². The molecule has 0 spiro atoms. The molecule has 1 aromatic heterocycles. The Balaban J connectivity index is 1.55. The van der Waals surface area contributed by atoms with Gasteiger partial charge in [-0.25, -0.2) is 9.37 Å². The highest BCUT2D eigenvalue weighted by Gasteiger charge is 2.47. The topological polar surface area (TPSA) is 39.5 Å². The predicted molar refractivity (Wildman–Crippen MR) is 105 cm³/mol. The van der Waals surface area contributed by atoms with Gasteiger partial charge in [-0.3, -0.25) is 4.84 Å². The lowest BCUT2D eigenvalue weighted by molar-refractivity contribution is -0.179. The fraction of sp³-hybridized carbons (Fsp3) is 0.286. The average Bonchev–Trinajstić information content (AvgIpc) is 3.31.